The van der Waals surface area contributed by atoms with Crippen molar-refractivity contribution in [2.75, 3.05) is 12.4 Å². The molecule has 4 rings (SSSR count). The van der Waals surface area contributed by atoms with Crippen molar-refractivity contribution in [1.82, 2.24) is 0 Å². The molecule has 5 heteroatoms. The lowest BCUT2D eigenvalue weighted by Gasteiger charge is -2.13. The molecule has 0 saturated carbocycles. The molecule has 0 heterocycles. The van der Waals surface area contributed by atoms with Gasteiger partial charge in [0, 0.05) is 21.3 Å². The molecule has 32 heavy (non-hydrogen) atoms. The van der Waals surface area contributed by atoms with E-state index in [1.165, 1.54) is 0 Å². The van der Waals surface area contributed by atoms with Crippen LogP contribution in [0.5, 0.6) is 11.5 Å². The van der Waals surface area contributed by atoms with Gasteiger partial charge in [-0.1, -0.05) is 58.4 Å². The van der Waals surface area contributed by atoms with Crippen molar-refractivity contribution in [2.24, 2.45) is 0 Å². The van der Waals surface area contributed by atoms with Crippen LogP contribution in [0.25, 0.3) is 11.1 Å². The molecule has 1 N–H and O–H groups in total. The van der Waals surface area contributed by atoms with Crippen LogP contribution in [0, 0.1) is 0 Å². The Labute approximate surface area is 196 Å². The van der Waals surface area contributed by atoms with Crippen LogP contribution in [0.3, 0.4) is 0 Å². The SMILES string of the molecule is COc1ccc(C(=O)Nc2ccc(Br)cc2)cc1COc1ccc(-c2ccccc2)cc1. The van der Waals surface area contributed by atoms with Gasteiger partial charge in [0.1, 0.15) is 18.1 Å². The molecule has 4 aromatic rings. The molecule has 0 unspecified atom stereocenters. The van der Waals surface area contributed by atoms with E-state index in [2.05, 4.69) is 33.4 Å². The van der Waals surface area contributed by atoms with Crippen LogP contribution in [-0.2, 0) is 6.61 Å². The van der Waals surface area contributed by atoms with Crippen LogP contribution in [0.4, 0.5) is 5.69 Å². The van der Waals surface area contributed by atoms with E-state index in [1.807, 2.05) is 66.7 Å². The van der Waals surface area contributed by atoms with Crippen LogP contribution < -0.4 is 14.8 Å². The number of rotatable bonds is 7. The van der Waals surface area contributed by atoms with Crippen molar-refractivity contribution in [1.29, 1.82) is 0 Å². The van der Waals surface area contributed by atoms with Gasteiger partial charge in [-0.25, -0.2) is 0 Å². The highest BCUT2D eigenvalue weighted by atomic mass is 79.9. The first kappa shape index (κ1) is 21.7. The number of carbonyl (C=O) groups excluding carboxylic acids is 1. The standard InChI is InChI=1S/C27H22BrNO3/c1-31-26-16-9-21(27(30)29-24-12-10-23(28)11-13-24)17-22(26)18-32-25-14-7-20(8-15-25)19-5-3-2-4-6-19/h2-17H,18H2,1H3,(H,29,30). The normalized spacial score (nSPS) is 10.4. The number of amides is 1. The number of hydrogen-bond donors (Lipinski definition) is 1. The summed E-state index contributed by atoms with van der Waals surface area (Å²) in [5.74, 6) is 1.23. The summed E-state index contributed by atoms with van der Waals surface area (Å²) in [6.07, 6.45) is 0. The van der Waals surface area contributed by atoms with Gasteiger partial charge in [0.2, 0.25) is 0 Å². The maximum Gasteiger partial charge on any atom is 0.255 e. The number of hydrogen-bond acceptors (Lipinski definition) is 3. The van der Waals surface area contributed by atoms with Gasteiger partial charge in [0.15, 0.2) is 0 Å². The molecule has 0 fully saturated rings. The minimum absolute atomic E-state index is 0.191. The average Bonchev–Trinajstić information content (AvgIpc) is 2.85. The molecular weight excluding hydrogens is 466 g/mol. The molecule has 1 amide bonds. The maximum absolute atomic E-state index is 12.7. The predicted molar refractivity (Wildman–Crippen MR) is 131 cm³/mol. The van der Waals surface area contributed by atoms with Crippen LogP contribution in [-0.4, -0.2) is 13.0 Å². The zero-order valence-electron chi connectivity index (χ0n) is 17.5. The minimum atomic E-state index is -0.191. The molecule has 0 aliphatic carbocycles. The molecule has 160 valence electrons. The lowest BCUT2D eigenvalue weighted by Crippen LogP contribution is -2.12. The van der Waals surface area contributed by atoms with E-state index in [0.717, 1.165) is 32.6 Å². The molecule has 0 atom stereocenters. The molecule has 0 aliphatic rings. The quantitative estimate of drug-likeness (QED) is 0.306. The highest BCUT2D eigenvalue weighted by molar-refractivity contribution is 9.10. The summed E-state index contributed by atoms with van der Waals surface area (Å²) in [4.78, 5) is 12.7. The van der Waals surface area contributed by atoms with Crippen LogP contribution >= 0.6 is 15.9 Å². The smallest absolute Gasteiger partial charge is 0.255 e. The van der Waals surface area contributed by atoms with Gasteiger partial charge in [0.25, 0.3) is 5.91 Å². The molecular formula is C27H22BrNO3. The minimum Gasteiger partial charge on any atom is -0.496 e. The van der Waals surface area contributed by atoms with E-state index in [-0.39, 0.29) is 12.5 Å². The van der Waals surface area contributed by atoms with Crippen molar-refractivity contribution in [3.63, 3.8) is 0 Å². The van der Waals surface area contributed by atoms with Gasteiger partial charge in [-0.15, -0.1) is 0 Å². The number of carbonyl (C=O) groups is 1. The van der Waals surface area contributed by atoms with E-state index >= 15 is 0 Å². The highest BCUT2D eigenvalue weighted by Gasteiger charge is 2.12. The Hall–Kier alpha value is -3.57. The Kier molecular flexibility index (Phi) is 6.87. The highest BCUT2D eigenvalue weighted by Crippen LogP contribution is 2.25. The van der Waals surface area contributed by atoms with E-state index in [4.69, 9.17) is 9.47 Å². The molecule has 0 aliphatic heterocycles. The van der Waals surface area contributed by atoms with Crippen molar-refractivity contribution >= 4 is 27.5 Å². The fourth-order valence-corrected chi connectivity index (χ4v) is 3.57. The Balaban J connectivity index is 1.45. The predicted octanol–water partition coefficient (Wildman–Crippen LogP) is 6.96. The summed E-state index contributed by atoms with van der Waals surface area (Å²) in [7, 11) is 1.61. The van der Waals surface area contributed by atoms with Crippen molar-refractivity contribution in [3.8, 4) is 22.6 Å². The molecule has 0 spiro atoms. The van der Waals surface area contributed by atoms with Gasteiger partial charge in [0.05, 0.1) is 7.11 Å². The molecule has 0 bridgehead atoms. The number of nitrogens with one attached hydrogen (secondary N) is 1. The third-order valence-electron chi connectivity index (χ3n) is 5.00. The number of ether oxygens (including phenoxy) is 2. The molecule has 4 nitrogen and oxygen atoms in total. The summed E-state index contributed by atoms with van der Waals surface area (Å²) in [6, 6.07) is 30.9. The number of methoxy groups -OCH3 is 1. The van der Waals surface area contributed by atoms with Crippen LogP contribution in [0.15, 0.2) is 102 Å². The Morgan fingerprint density at radius 1 is 0.844 bits per heavy atom. The third-order valence-corrected chi connectivity index (χ3v) is 5.53. The molecule has 4 aromatic carbocycles. The fraction of sp³-hybridized carbons (Fsp3) is 0.0741. The van der Waals surface area contributed by atoms with Crippen molar-refractivity contribution in [2.45, 2.75) is 6.61 Å². The van der Waals surface area contributed by atoms with E-state index in [9.17, 15) is 4.79 Å². The topological polar surface area (TPSA) is 47.6 Å². The number of halogens is 1. The summed E-state index contributed by atoms with van der Waals surface area (Å²) < 4.78 is 12.4. The van der Waals surface area contributed by atoms with Gasteiger partial charge in [-0.05, 0) is 65.7 Å². The third kappa shape index (κ3) is 5.37. The van der Waals surface area contributed by atoms with Crippen molar-refractivity contribution in [3.05, 3.63) is 113 Å². The average molecular weight is 488 g/mol. The van der Waals surface area contributed by atoms with Crippen LogP contribution in [0.1, 0.15) is 15.9 Å². The van der Waals surface area contributed by atoms with E-state index in [1.54, 1.807) is 25.3 Å². The lowest BCUT2D eigenvalue weighted by atomic mass is 10.1. The summed E-state index contributed by atoms with van der Waals surface area (Å²) >= 11 is 3.39. The Morgan fingerprint density at radius 3 is 2.22 bits per heavy atom. The second kappa shape index (κ2) is 10.2. The number of anilines is 1. The monoisotopic (exact) mass is 487 g/mol. The van der Waals surface area contributed by atoms with Gasteiger partial charge < -0.3 is 14.8 Å². The Bertz CT molecular complexity index is 1190. The number of benzene rings is 4. The lowest BCUT2D eigenvalue weighted by molar-refractivity contribution is 0.102. The van der Waals surface area contributed by atoms with Gasteiger partial charge >= 0.3 is 0 Å². The maximum atomic E-state index is 12.7. The summed E-state index contributed by atoms with van der Waals surface area (Å²) in [5, 5.41) is 2.90. The largest absolute Gasteiger partial charge is 0.496 e. The molecule has 0 aromatic heterocycles. The summed E-state index contributed by atoms with van der Waals surface area (Å²) in [5.41, 5.74) is 4.34. The second-order valence-electron chi connectivity index (χ2n) is 7.17. The zero-order chi connectivity index (χ0) is 22.3. The first-order valence-corrected chi connectivity index (χ1v) is 10.9. The first-order valence-electron chi connectivity index (χ1n) is 10.1. The second-order valence-corrected chi connectivity index (χ2v) is 8.08. The van der Waals surface area contributed by atoms with Crippen LogP contribution in [0.2, 0.25) is 0 Å². The van der Waals surface area contributed by atoms with E-state index in [0.29, 0.717) is 11.3 Å². The molecule has 0 radical (unpaired) electrons. The Morgan fingerprint density at radius 2 is 1.53 bits per heavy atom. The molecule has 0 saturated heterocycles. The van der Waals surface area contributed by atoms with Crippen molar-refractivity contribution < 1.29 is 14.3 Å². The van der Waals surface area contributed by atoms with Gasteiger partial charge in [-0.2, -0.15) is 0 Å². The fourth-order valence-electron chi connectivity index (χ4n) is 3.30. The zero-order valence-corrected chi connectivity index (χ0v) is 19.1. The van der Waals surface area contributed by atoms with Gasteiger partial charge in [-0.3, -0.25) is 4.79 Å². The first-order chi connectivity index (χ1) is 15.6. The summed E-state index contributed by atoms with van der Waals surface area (Å²) in [6.45, 7) is 0.285. The van der Waals surface area contributed by atoms with E-state index < -0.39 is 0 Å².